The standard InChI is InChI=1S/C9H17N3O2/c1-2-3-11-8(13)7-12-5-4-10-6-9(12)14/h10H,2-7H2,1H3,(H,11,13). The lowest BCUT2D eigenvalue weighted by Crippen LogP contribution is -2.51. The zero-order chi connectivity index (χ0) is 10.4. The molecule has 0 aliphatic carbocycles. The molecule has 1 heterocycles. The van der Waals surface area contributed by atoms with Crippen molar-refractivity contribution in [3.63, 3.8) is 0 Å². The van der Waals surface area contributed by atoms with E-state index in [9.17, 15) is 9.59 Å². The maximum Gasteiger partial charge on any atom is 0.239 e. The van der Waals surface area contributed by atoms with Gasteiger partial charge in [-0.1, -0.05) is 6.92 Å². The fourth-order valence-corrected chi connectivity index (χ4v) is 1.31. The van der Waals surface area contributed by atoms with Crippen molar-refractivity contribution < 1.29 is 9.59 Å². The molecule has 2 N–H and O–H groups in total. The third-order valence-corrected chi connectivity index (χ3v) is 2.09. The summed E-state index contributed by atoms with van der Waals surface area (Å²) >= 11 is 0. The normalized spacial score (nSPS) is 16.9. The molecule has 1 fully saturated rings. The lowest BCUT2D eigenvalue weighted by Gasteiger charge is -2.26. The zero-order valence-electron chi connectivity index (χ0n) is 8.51. The van der Waals surface area contributed by atoms with E-state index in [1.54, 1.807) is 4.90 Å². The van der Waals surface area contributed by atoms with Crippen LogP contribution in [0.4, 0.5) is 0 Å². The van der Waals surface area contributed by atoms with E-state index in [0.717, 1.165) is 13.0 Å². The zero-order valence-corrected chi connectivity index (χ0v) is 8.51. The minimum atomic E-state index is -0.0675. The summed E-state index contributed by atoms with van der Waals surface area (Å²) in [6.45, 7) is 4.61. The van der Waals surface area contributed by atoms with Gasteiger partial charge in [0.05, 0.1) is 13.1 Å². The predicted molar refractivity (Wildman–Crippen MR) is 52.8 cm³/mol. The van der Waals surface area contributed by atoms with Crippen LogP contribution in [-0.2, 0) is 9.59 Å². The van der Waals surface area contributed by atoms with E-state index >= 15 is 0 Å². The maximum atomic E-state index is 11.3. The number of nitrogens with one attached hydrogen (secondary N) is 2. The van der Waals surface area contributed by atoms with E-state index in [1.807, 2.05) is 6.92 Å². The van der Waals surface area contributed by atoms with Crippen molar-refractivity contribution >= 4 is 11.8 Å². The van der Waals surface area contributed by atoms with Crippen LogP contribution >= 0.6 is 0 Å². The molecule has 1 saturated heterocycles. The SMILES string of the molecule is CCCNC(=O)CN1CCNCC1=O. The molecule has 0 aromatic heterocycles. The summed E-state index contributed by atoms with van der Waals surface area (Å²) in [6, 6.07) is 0. The van der Waals surface area contributed by atoms with Gasteiger partial charge in [0, 0.05) is 19.6 Å². The maximum absolute atomic E-state index is 11.3. The van der Waals surface area contributed by atoms with Gasteiger partial charge in [-0.2, -0.15) is 0 Å². The van der Waals surface area contributed by atoms with Crippen molar-refractivity contribution in [2.45, 2.75) is 13.3 Å². The van der Waals surface area contributed by atoms with Gasteiger partial charge < -0.3 is 15.5 Å². The molecular weight excluding hydrogens is 182 g/mol. The van der Waals surface area contributed by atoms with Crippen molar-refractivity contribution in [2.75, 3.05) is 32.7 Å². The Labute approximate surface area is 83.8 Å². The van der Waals surface area contributed by atoms with Crippen molar-refractivity contribution in [2.24, 2.45) is 0 Å². The first-order valence-electron chi connectivity index (χ1n) is 4.99. The molecule has 0 radical (unpaired) electrons. The Morgan fingerprint density at radius 1 is 1.64 bits per heavy atom. The number of rotatable bonds is 4. The Hall–Kier alpha value is -1.10. The molecule has 2 amide bonds. The molecular formula is C9H17N3O2. The largest absolute Gasteiger partial charge is 0.355 e. The van der Waals surface area contributed by atoms with Gasteiger partial charge in [0.25, 0.3) is 0 Å². The van der Waals surface area contributed by atoms with Gasteiger partial charge in [-0.25, -0.2) is 0 Å². The van der Waals surface area contributed by atoms with Crippen LogP contribution < -0.4 is 10.6 Å². The molecule has 0 aromatic carbocycles. The van der Waals surface area contributed by atoms with Crippen molar-refractivity contribution in [1.29, 1.82) is 0 Å². The second kappa shape index (κ2) is 5.59. The summed E-state index contributed by atoms with van der Waals surface area (Å²) in [6.07, 6.45) is 0.918. The predicted octanol–water partition coefficient (Wildman–Crippen LogP) is -1.06. The summed E-state index contributed by atoms with van der Waals surface area (Å²) in [4.78, 5) is 24.2. The van der Waals surface area contributed by atoms with Crippen LogP contribution in [0.25, 0.3) is 0 Å². The van der Waals surface area contributed by atoms with Crippen LogP contribution in [0.15, 0.2) is 0 Å². The molecule has 1 aliphatic heterocycles. The highest BCUT2D eigenvalue weighted by atomic mass is 16.2. The molecule has 5 nitrogen and oxygen atoms in total. The topological polar surface area (TPSA) is 61.4 Å². The summed E-state index contributed by atoms with van der Waals surface area (Å²) in [5, 5.41) is 5.70. The molecule has 0 spiro atoms. The Balaban J connectivity index is 2.27. The molecule has 14 heavy (non-hydrogen) atoms. The lowest BCUT2D eigenvalue weighted by atomic mass is 10.3. The number of nitrogens with zero attached hydrogens (tertiary/aromatic N) is 1. The van der Waals surface area contributed by atoms with Crippen molar-refractivity contribution in [3.8, 4) is 0 Å². The van der Waals surface area contributed by atoms with Crippen LogP contribution in [0.3, 0.4) is 0 Å². The van der Waals surface area contributed by atoms with E-state index in [-0.39, 0.29) is 18.4 Å². The molecule has 0 bridgehead atoms. The molecule has 1 rings (SSSR count). The van der Waals surface area contributed by atoms with E-state index in [0.29, 0.717) is 19.6 Å². The van der Waals surface area contributed by atoms with Gasteiger partial charge in [0.15, 0.2) is 0 Å². The third kappa shape index (κ3) is 3.33. The Morgan fingerprint density at radius 3 is 3.07 bits per heavy atom. The third-order valence-electron chi connectivity index (χ3n) is 2.09. The fraction of sp³-hybridized carbons (Fsp3) is 0.778. The first-order valence-corrected chi connectivity index (χ1v) is 4.99. The van der Waals surface area contributed by atoms with Crippen LogP contribution in [-0.4, -0.2) is 49.4 Å². The summed E-state index contributed by atoms with van der Waals surface area (Å²) in [7, 11) is 0. The Bertz CT molecular complexity index is 218. The van der Waals surface area contributed by atoms with Gasteiger partial charge in [0.1, 0.15) is 0 Å². The number of piperazine rings is 1. The second-order valence-electron chi connectivity index (χ2n) is 3.34. The van der Waals surface area contributed by atoms with Gasteiger partial charge >= 0.3 is 0 Å². The molecule has 1 aliphatic rings. The average Bonchev–Trinajstić information content (AvgIpc) is 2.18. The summed E-state index contributed by atoms with van der Waals surface area (Å²) in [5.41, 5.74) is 0. The van der Waals surface area contributed by atoms with Gasteiger partial charge in [-0.05, 0) is 6.42 Å². The number of hydrogen-bond acceptors (Lipinski definition) is 3. The highest BCUT2D eigenvalue weighted by molar-refractivity contribution is 5.86. The van der Waals surface area contributed by atoms with E-state index in [4.69, 9.17) is 0 Å². The van der Waals surface area contributed by atoms with Crippen LogP contribution in [0.2, 0.25) is 0 Å². The van der Waals surface area contributed by atoms with Gasteiger partial charge in [-0.15, -0.1) is 0 Å². The molecule has 0 unspecified atom stereocenters. The van der Waals surface area contributed by atoms with Crippen LogP contribution in [0.1, 0.15) is 13.3 Å². The van der Waals surface area contributed by atoms with E-state index in [2.05, 4.69) is 10.6 Å². The quantitative estimate of drug-likeness (QED) is 0.607. The molecule has 0 atom stereocenters. The van der Waals surface area contributed by atoms with Gasteiger partial charge in [-0.3, -0.25) is 9.59 Å². The molecule has 0 aromatic rings. The summed E-state index contributed by atoms with van der Waals surface area (Å²) in [5.74, 6) is -0.0648. The monoisotopic (exact) mass is 199 g/mol. The Kier molecular flexibility index (Phi) is 4.39. The Morgan fingerprint density at radius 2 is 2.43 bits per heavy atom. The highest BCUT2D eigenvalue weighted by Gasteiger charge is 2.19. The second-order valence-corrected chi connectivity index (χ2v) is 3.34. The number of carbonyl (C=O) groups excluding carboxylic acids is 2. The first-order chi connectivity index (χ1) is 6.74. The molecule has 0 saturated carbocycles. The van der Waals surface area contributed by atoms with Crippen LogP contribution in [0.5, 0.6) is 0 Å². The minimum absolute atomic E-state index is 0.00268. The highest BCUT2D eigenvalue weighted by Crippen LogP contribution is 1.93. The lowest BCUT2D eigenvalue weighted by molar-refractivity contribution is -0.136. The number of hydrogen-bond donors (Lipinski definition) is 2. The fourth-order valence-electron chi connectivity index (χ4n) is 1.31. The van der Waals surface area contributed by atoms with Crippen LogP contribution in [0, 0.1) is 0 Å². The molecule has 5 heteroatoms. The average molecular weight is 199 g/mol. The van der Waals surface area contributed by atoms with E-state index in [1.165, 1.54) is 0 Å². The minimum Gasteiger partial charge on any atom is -0.355 e. The van der Waals surface area contributed by atoms with E-state index < -0.39 is 0 Å². The summed E-state index contributed by atoms with van der Waals surface area (Å²) < 4.78 is 0. The number of amides is 2. The smallest absolute Gasteiger partial charge is 0.239 e. The van der Waals surface area contributed by atoms with Crippen molar-refractivity contribution in [3.05, 3.63) is 0 Å². The molecule has 80 valence electrons. The first kappa shape index (κ1) is 11.0. The number of carbonyl (C=O) groups is 2. The van der Waals surface area contributed by atoms with Gasteiger partial charge in [0.2, 0.25) is 11.8 Å². The van der Waals surface area contributed by atoms with Crippen molar-refractivity contribution in [1.82, 2.24) is 15.5 Å².